The zero-order chi connectivity index (χ0) is 21.6. The Kier molecular flexibility index (Phi) is 6.29. The molecule has 31 heavy (non-hydrogen) atoms. The van der Waals surface area contributed by atoms with Gasteiger partial charge in [-0.1, -0.05) is 48.5 Å². The fourth-order valence-corrected chi connectivity index (χ4v) is 3.89. The van der Waals surface area contributed by atoms with Crippen molar-refractivity contribution >= 4 is 22.9 Å². The number of carbonyl (C=O) groups is 1. The van der Waals surface area contributed by atoms with E-state index in [1.807, 2.05) is 60.8 Å². The first-order chi connectivity index (χ1) is 15.1. The summed E-state index contributed by atoms with van der Waals surface area (Å²) in [6.45, 7) is 2.33. The molecule has 0 aliphatic carbocycles. The number of benzene rings is 3. The summed E-state index contributed by atoms with van der Waals surface area (Å²) in [6.07, 6.45) is 1.79. The van der Waals surface area contributed by atoms with Crippen LogP contribution in [0.3, 0.4) is 0 Å². The van der Waals surface area contributed by atoms with Crippen LogP contribution < -0.4 is 15.8 Å². The molecule has 1 heterocycles. The van der Waals surface area contributed by atoms with E-state index in [0.717, 1.165) is 21.7 Å². The van der Waals surface area contributed by atoms with Gasteiger partial charge in [0.25, 0.3) is 5.91 Å². The van der Waals surface area contributed by atoms with Crippen molar-refractivity contribution in [3.8, 4) is 16.3 Å². The molecule has 1 aromatic heterocycles. The average molecular weight is 430 g/mol. The van der Waals surface area contributed by atoms with Gasteiger partial charge in [-0.05, 0) is 42.3 Å². The van der Waals surface area contributed by atoms with Gasteiger partial charge in [0.2, 0.25) is 0 Å². The van der Waals surface area contributed by atoms with E-state index in [2.05, 4.69) is 16.4 Å². The summed E-state index contributed by atoms with van der Waals surface area (Å²) in [5.74, 6) is 0.266. The Balaban J connectivity index is 1.50. The maximum Gasteiger partial charge on any atom is 0.255 e. The van der Waals surface area contributed by atoms with E-state index in [9.17, 15) is 4.79 Å². The summed E-state index contributed by atoms with van der Waals surface area (Å²) >= 11 is 1.59. The summed E-state index contributed by atoms with van der Waals surface area (Å²) < 4.78 is 5.93. The number of aromatic nitrogens is 1. The molecule has 1 atom stereocenters. The van der Waals surface area contributed by atoms with Crippen LogP contribution in [-0.2, 0) is 6.61 Å². The number of hydrogen-bond acceptors (Lipinski definition) is 5. The third-order valence-corrected chi connectivity index (χ3v) is 5.72. The number of ether oxygens (including phenoxy) is 1. The van der Waals surface area contributed by atoms with Gasteiger partial charge in [0.15, 0.2) is 0 Å². The van der Waals surface area contributed by atoms with Gasteiger partial charge < -0.3 is 15.8 Å². The fraction of sp³-hybridized carbons (Fsp3) is 0.120. The molecule has 0 spiro atoms. The molecule has 1 amide bonds. The molecular formula is C25H23N3O2S. The number of nitrogens with two attached hydrogens (primary N) is 1. The predicted octanol–water partition coefficient (Wildman–Crippen LogP) is 5.46. The zero-order valence-corrected chi connectivity index (χ0v) is 17.9. The number of rotatable bonds is 7. The van der Waals surface area contributed by atoms with Crippen molar-refractivity contribution in [2.75, 3.05) is 5.73 Å². The third-order valence-electron chi connectivity index (χ3n) is 4.90. The van der Waals surface area contributed by atoms with Crippen LogP contribution in [0, 0.1) is 0 Å². The highest BCUT2D eigenvalue weighted by Gasteiger charge is 2.17. The first kappa shape index (κ1) is 20.6. The SMILES string of the molecule is CC(NC(=O)c1cc(N)ccc1OCc1ccccc1)c1cccc(-c2nccs2)c1. The molecule has 0 radical (unpaired) electrons. The summed E-state index contributed by atoms with van der Waals surface area (Å²) in [5, 5.41) is 5.96. The highest BCUT2D eigenvalue weighted by molar-refractivity contribution is 7.13. The molecule has 1 unspecified atom stereocenters. The third kappa shape index (κ3) is 5.10. The Morgan fingerprint density at radius 1 is 1.10 bits per heavy atom. The first-order valence-electron chi connectivity index (χ1n) is 9.97. The molecule has 0 fully saturated rings. The van der Waals surface area contributed by atoms with Gasteiger partial charge in [0.1, 0.15) is 17.4 Å². The lowest BCUT2D eigenvalue weighted by atomic mass is 10.0. The van der Waals surface area contributed by atoms with Crippen LogP contribution in [-0.4, -0.2) is 10.9 Å². The molecule has 4 aromatic rings. The number of nitrogen functional groups attached to an aromatic ring is 1. The molecule has 0 aliphatic heterocycles. The monoisotopic (exact) mass is 429 g/mol. The van der Waals surface area contributed by atoms with Gasteiger partial charge in [0, 0.05) is 22.8 Å². The predicted molar refractivity (Wildman–Crippen MR) is 125 cm³/mol. The molecule has 6 heteroatoms. The van der Waals surface area contributed by atoms with Gasteiger partial charge in [0.05, 0.1) is 11.6 Å². The van der Waals surface area contributed by atoms with Crippen molar-refractivity contribution in [3.05, 3.63) is 101 Å². The second kappa shape index (κ2) is 9.45. The standard InChI is InChI=1S/C25H23N3O2S/c1-17(19-8-5-9-20(14-19)25-27-12-13-31-25)28-24(29)22-15-21(26)10-11-23(22)30-16-18-6-3-2-4-7-18/h2-15,17H,16,26H2,1H3,(H,28,29). The number of nitrogens with one attached hydrogen (secondary N) is 1. The van der Waals surface area contributed by atoms with Gasteiger partial charge in [-0.25, -0.2) is 4.98 Å². The lowest BCUT2D eigenvalue weighted by Gasteiger charge is -2.17. The van der Waals surface area contributed by atoms with E-state index in [0.29, 0.717) is 23.6 Å². The zero-order valence-electron chi connectivity index (χ0n) is 17.1. The second-order valence-electron chi connectivity index (χ2n) is 7.19. The highest BCUT2D eigenvalue weighted by atomic mass is 32.1. The number of hydrogen-bond donors (Lipinski definition) is 2. The van der Waals surface area contributed by atoms with Gasteiger partial charge in [-0.3, -0.25) is 4.79 Å². The lowest BCUT2D eigenvalue weighted by molar-refractivity contribution is 0.0935. The maximum absolute atomic E-state index is 13.1. The Morgan fingerprint density at radius 3 is 2.71 bits per heavy atom. The van der Waals surface area contributed by atoms with Crippen molar-refractivity contribution in [1.29, 1.82) is 0 Å². The Labute approximate surface area is 185 Å². The molecule has 0 saturated carbocycles. The van der Waals surface area contributed by atoms with Crippen LogP contribution in [0.2, 0.25) is 0 Å². The molecule has 0 aliphatic rings. The second-order valence-corrected chi connectivity index (χ2v) is 8.08. The van der Waals surface area contributed by atoms with E-state index in [1.165, 1.54) is 0 Å². The molecule has 0 saturated heterocycles. The summed E-state index contributed by atoms with van der Waals surface area (Å²) in [5.41, 5.74) is 9.93. The number of nitrogens with zero attached hydrogens (tertiary/aromatic N) is 1. The summed E-state index contributed by atoms with van der Waals surface area (Å²) in [7, 11) is 0. The number of thiazole rings is 1. The Hall–Kier alpha value is -3.64. The van der Waals surface area contributed by atoms with Gasteiger partial charge in [-0.2, -0.15) is 0 Å². The van der Waals surface area contributed by atoms with E-state index < -0.39 is 0 Å². The van der Waals surface area contributed by atoms with Crippen LogP contribution in [0.4, 0.5) is 5.69 Å². The Bertz CT molecular complexity index is 1160. The highest BCUT2D eigenvalue weighted by Crippen LogP contribution is 2.27. The van der Waals surface area contributed by atoms with E-state index in [1.54, 1.807) is 35.7 Å². The van der Waals surface area contributed by atoms with Crippen LogP contribution in [0.5, 0.6) is 5.75 Å². The molecule has 156 valence electrons. The molecule has 4 rings (SSSR count). The van der Waals surface area contributed by atoms with E-state index in [4.69, 9.17) is 10.5 Å². The summed E-state index contributed by atoms with van der Waals surface area (Å²) in [6, 6.07) is 22.8. The van der Waals surface area contributed by atoms with Gasteiger partial charge >= 0.3 is 0 Å². The fourth-order valence-electron chi connectivity index (χ4n) is 3.25. The van der Waals surface area contributed by atoms with Crippen molar-refractivity contribution in [2.24, 2.45) is 0 Å². The minimum Gasteiger partial charge on any atom is -0.488 e. The Morgan fingerprint density at radius 2 is 1.94 bits per heavy atom. The average Bonchev–Trinajstić information content (AvgIpc) is 3.34. The smallest absolute Gasteiger partial charge is 0.255 e. The molecular weight excluding hydrogens is 406 g/mol. The summed E-state index contributed by atoms with van der Waals surface area (Å²) in [4.78, 5) is 17.4. The van der Waals surface area contributed by atoms with Crippen molar-refractivity contribution in [1.82, 2.24) is 10.3 Å². The van der Waals surface area contributed by atoms with Crippen molar-refractivity contribution < 1.29 is 9.53 Å². The molecule has 3 aromatic carbocycles. The topological polar surface area (TPSA) is 77.2 Å². The maximum atomic E-state index is 13.1. The van der Waals surface area contributed by atoms with Crippen LogP contribution in [0.25, 0.3) is 10.6 Å². The molecule has 3 N–H and O–H groups in total. The minimum atomic E-state index is -0.234. The first-order valence-corrected chi connectivity index (χ1v) is 10.8. The quantitative estimate of drug-likeness (QED) is 0.382. The van der Waals surface area contributed by atoms with E-state index >= 15 is 0 Å². The van der Waals surface area contributed by atoms with Crippen LogP contribution in [0.1, 0.15) is 34.5 Å². The lowest BCUT2D eigenvalue weighted by Crippen LogP contribution is -2.27. The van der Waals surface area contributed by atoms with Gasteiger partial charge in [-0.15, -0.1) is 11.3 Å². The number of amides is 1. The number of anilines is 1. The van der Waals surface area contributed by atoms with Crippen LogP contribution >= 0.6 is 11.3 Å². The van der Waals surface area contributed by atoms with E-state index in [-0.39, 0.29) is 11.9 Å². The molecule has 5 nitrogen and oxygen atoms in total. The minimum absolute atomic E-state index is 0.198. The largest absolute Gasteiger partial charge is 0.488 e. The molecule has 0 bridgehead atoms. The number of carbonyl (C=O) groups excluding carboxylic acids is 1. The van der Waals surface area contributed by atoms with Crippen molar-refractivity contribution in [2.45, 2.75) is 19.6 Å². The van der Waals surface area contributed by atoms with Crippen LogP contribution in [0.15, 0.2) is 84.4 Å². The van der Waals surface area contributed by atoms with Crippen molar-refractivity contribution in [3.63, 3.8) is 0 Å². The normalized spacial score (nSPS) is 11.6.